The van der Waals surface area contributed by atoms with Crippen LogP contribution in [0.5, 0.6) is 5.75 Å². The number of carbonyl (C=O) groups is 1. The number of halogens is 2. The number of hydrogen-bond acceptors (Lipinski definition) is 4. The van der Waals surface area contributed by atoms with Gasteiger partial charge in [0, 0.05) is 34.4 Å². The van der Waals surface area contributed by atoms with E-state index in [0.29, 0.717) is 53.0 Å². The summed E-state index contributed by atoms with van der Waals surface area (Å²) in [6, 6.07) is 21.9. The lowest BCUT2D eigenvalue weighted by Gasteiger charge is -2.31. The maximum Gasteiger partial charge on any atom is 0.228 e. The zero-order valence-electron chi connectivity index (χ0n) is 19.0. The van der Waals surface area contributed by atoms with Crippen molar-refractivity contribution in [2.75, 3.05) is 18.4 Å². The lowest BCUT2D eigenvalue weighted by molar-refractivity contribution is -0.120. The quantitative estimate of drug-likeness (QED) is 0.400. The van der Waals surface area contributed by atoms with Crippen molar-refractivity contribution >= 4 is 44.8 Å². The molecule has 1 aliphatic heterocycles. The molecule has 0 aliphatic carbocycles. The monoisotopic (exact) mass is 532 g/mol. The minimum Gasteiger partial charge on any atom is -0.489 e. The summed E-state index contributed by atoms with van der Waals surface area (Å²) in [7, 11) is -3.69. The number of amides is 1. The first-order valence-corrected chi connectivity index (χ1v) is 13.7. The molecule has 184 valence electrons. The molecule has 1 heterocycles. The molecule has 0 aromatic heterocycles. The van der Waals surface area contributed by atoms with Gasteiger partial charge in [-0.2, -0.15) is 0 Å². The molecule has 1 atom stereocenters. The predicted octanol–water partition coefficient (Wildman–Crippen LogP) is 5.75. The van der Waals surface area contributed by atoms with Crippen molar-refractivity contribution in [3.8, 4) is 5.75 Å². The summed E-state index contributed by atoms with van der Waals surface area (Å²) in [5, 5.41) is 3.51. The number of hydrogen-bond donors (Lipinski definition) is 1. The van der Waals surface area contributed by atoms with Crippen LogP contribution in [0.25, 0.3) is 0 Å². The van der Waals surface area contributed by atoms with E-state index in [9.17, 15) is 13.2 Å². The van der Waals surface area contributed by atoms with Crippen molar-refractivity contribution < 1.29 is 17.9 Å². The Morgan fingerprint density at radius 2 is 1.66 bits per heavy atom. The van der Waals surface area contributed by atoms with Crippen molar-refractivity contribution in [2.45, 2.75) is 25.2 Å². The smallest absolute Gasteiger partial charge is 0.228 e. The van der Waals surface area contributed by atoms with Crippen LogP contribution in [0.3, 0.4) is 0 Å². The molecule has 1 N–H and O–H groups in total. The number of benzene rings is 3. The first-order valence-electron chi connectivity index (χ1n) is 11.3. The maximum atomic E-state index is 13.1. The summed E-state index contributed by atoms with van der Waals surface area (Å²) >= 11 is 12.3. The maximum absolute atomic E-state index is 13.1. The lowest BCUT2D eigenvalue weighted by atomic mass is 9.99. The lowest BCUT2D eigenvalue weighted by Crippen LogP contribution is -2.44. The van der Waals surface area contributed by atoms with E-state index in [1.807, 2.05) is 30.3 Å². The van der Waals surface area contributed by atoms with Crippen molar-refractivity contribution in [1.82, 2.24) is 4.31 Å². The second-order valence-corrected chi connectivity index (χ2v) is 11.2. The molecule has 3 aromatic carbocycles. The molecule has 1 aliphatic rings. The summed E-state index contributed by atoms with van der Waals surface area (Å²) < 4.78 is 33.2. The first-order chi connectivity index (χ1) is 16.8. The molecule has 4 rings (SSSR count). The van der Waals surface area contributed by atoms with E-state index in [1.54, 1.807) is 42.5 Å². The second kappa shape index (κ2) is 11.4. The number of piperidine rings is 1. The Bertz CT molecular complexity index is 1250. The van der Waals surface area contributed by atoms with Gasteiger partial charge in [-0.05, 0) is 54.8 Å². The van der Waals surface area contributed by atoms with Gasteiger partial charge in [-0.3, -0.25) is 4.79 Å². The van der Waals surface area contributed by atoms with Crippen LogP contribution in [-0.4, -0.2) is 31.7 Å². The van der Waals surface area contributed by atoms with E-state index in [2.05, 4.69) is 5.32 Å². The van der Waals surface area contributed by atoms with E-state index < -0.39 is 15.9 Å². The van der Waals surface area contributed by atoms with Crippen LogP contribution < -0.4 is 10.1 Å². The highest BCUT2D eigenvalue weighted by molar-refractivity contribution is 7.88. The fraction of sp³-hybridized carbons (Fsp3) is 0.269. The zero-order valence-corrected chi connectivity index (χ0v) is 21.3. The highest BCUT2D eigenvalue weighted by atomic mass is 35.5. The van der Waals surface area contributed by atoms with Crippen LogP contribution in [0.1, 0.15) is 24.0 Å². The zero-order chi connectivity index (χ0) is 24.8. The van der Waals surface area contributed by atoms with E-state index in [0.717, 1.165) is 5.56 Å². The van der Waals surface area contributed by atoms with Crippen molar-refractivity contribution in [1.29, 1.82) is 0 Å². The molecule has 0 bridgehead atoms. The molecule has 9 heteroatoms. The fourth-order valence-electron chi connectivity index (χ4n) is 3.97. The summed E-state index contributed by atoms with van der Waals surface area (Å²) in [4.78, 5) is 12.9. The Kier molecular flexibility index (Phi) is 8.34. The largest absolute Gasteiger partial charge is 0.489 e. The van der Waals surface area contributed by atoms with Crippen molar-refractivity contribution in [3.63, 3.8) is 0 Å². The van der Waals surface area contributed by atoms with Crippen LogP contribution in [-0.2, 0) is 27.2 Å². The molecular formula is C26H26Cl2N2O4S. The Balaban J connectivity index is 1.34. The molecule has 3 aromatic rings. The summed E-state index contributed by atoms with van der Waals surface area (Å²) in [5.41, 5.74) is 2.07. The molecule has 1 unspecified atom stereocenters. The number of rotatable bonds is 8. The van der Waals surface area contributed by atoms with E-state index >= 15 is 0 Å². The van der Waals surface area contributed by atoms with Gasteiger partial charge in [0.05, 0.1) is 11.7 Å². The van der Waals surface area contributed by atoms with Crippen molar-refractivity contribution in [3.05, 3.63) is 94.0 Å². The Labute approximate surface area is 215 Å². The predicted molar refractivity (Wildman–Crippen MR) is 139 cm³/mol. The third kappa shape index (κ3) is 6.76. The van der Waals surface area contributed by atoms with E-state index in [1.165, 1.54) is 4.31 Å². The Morgan fingerprint density at radius 3 is 2.34 bits per heavy atom. The summed E-state index contributed by atoms with van der Waals surface area (Å²) in [6.45, 7) is 0.939. The fourth-order valence-corrected chi connectivity index (χ4v) is 6.33. The van der Waals surface area contributed by atoms with Gasteiger partial charge in [0.25, 0.3) is 0 Å². The van der Waals surface area contributed by atoms with E-state index in [4.69, 9.17) is 27.9 Å². The number of anilines is 1. The second-order valence-electron chi connectivity index (χ2n) is 8.44. The minimum absolute atomic E-state index is 0.120. The Morgan fingerprint density at radius 1 is 0.971 bits per heavy atom. The van der Waals surface area contributed by atoms with Gasteiger partial charge in [0.2, 0.25) is 15.9 Å². The molecule has 0 spiro atoms. The average Bonchev–Trinajstić information content (AvgIpc) is 2.87. The van der Waals surface area contributed by atoms with Crippen LogP contribution >= 0.6 is 23.2 Å². The molecule has 6 nitrogen and oxygen atoms in total. The first kappa shape index (κ1) is 25.5. The average molecular weight is 533 g/mol. The highest BCUT2D eigenvalue weighted by Gasteiger charge is 2.33. The number of nitrogens with zero attached hydrogens (tertiary/aromatic N) is 1. The highest BCUT2D eigenvalue weighted by Crippen LogP contribution is 2.29. The molecular weight excluding hydrogens is 507 g/mol. The third-order valence-corrected chi connectivity index (χ3v) is 8.39. The SMILES string of the molecule is O=C(Nc1ccc(OCc2ccccc2)cc1)C1CCCN(S(=O)(=O)Cc2c(Cl)cccc2Cl)C1. The summed E-state index contributed by atoms with van der Waals surface area (Å²) in [6.07, 6.45) is 1.21. The minimum atomic E-state index is -3.69. The van der Waals surface area contributed by atoms with Gasteiger partial charge < -0.3 is 10.1 Å². The van der Waals surface area contributed by atoms with Gasteiger partial charge >= 0.3 is 0 Å². The van der Waals surface area contributed by atoms with Crippen LogP contribution in [0, 0.1) is 5.92 Å². The van der Waals surface area contributed by atoms with Gasteiger partial charge in [-0.25, -0.2) is 12.7 Å². The standard InChI is InChI=1S/C26H26Cl2N2O4S/c27-24-9-4-10-25(28)23(24)18-35(32,33)30-15-5-8-20(16-30)26(31)29-21-11-13-22(14-12-21)34-17-19-6-2-1-3-7-19/h1-4,6-7,9-14,20H,5,8,15-18H2,(H,29,31). The molecule has 1 amide bonds. The summed E-state index contributed by atoms with van der Waals surface area (Å²) in [5.74, 6) is -0.266. The van der Waals surface area contributed by atoms with Gasteiger partial charge in [0.15, 0.2) is 0 Å². The van der Waals surface area contributed by atoms with Gasteiger partial charge in [-0.1, -0.05) is 59.6 Å². The number of sulfonamides is 1. The molecule has 0 radical (unpaired) electrons. The molecule has 1 fully saturated rings. The van der Waals surface area contributed by atoms with E-state index in [-0.39, 0.29) is 18.2 Å². The normalized spacial score (nSPS) is 16.6. The number of carbonyl (C=O) groups excluding carboxylic acids is 1. The van der Waals surface area contributed by atoms with Crippen LogP contribution in [0.4, 0.5) is 5.69 Å². The van der Waals surface area contributed by atoms with Gasteiger partial charge in [-0.15, -0.1) is 0 Å². The third-order valence-electron chi connectivity index (χ3n) is 5.91. The van der Waals surface area contributed by atoms with Crippen molar-refractivity contribution in [2.24, 2.45) is 5.92 Å². The number of nitrogens with one attached hydrogen (secondary N) is 1. The van der Waals surface area contributed by atoms with Gasteiger partial charge in [0.1, 0.15) is 12.4 Å². The topological polar surface area (TPSA) is 75.7 Å². The van der Waals surface area contributed by atoms with Crippen LogP contribution in [0.15, 0.2) is 72.8 Å². The number of ether oxygens (including phenoxy) is 1. The van der Waals surface area contributed by atoms with Crippen LogP contribution in [0.2, 0.25) is 10.0 Å². The molecule has 1 saturated heterocycles. The molecule has 35 heavy (non-hydrogen) atoms. The Hall–Kier alpha value is -2.58. The molecule has 0 saturated carbocycles.